The van der Waals surface area contributed by atoms with E-state index in [1.807, 2.05) is 33.0 Å². The van der Waals surface area contributed by atoms with Gasteiger partial charge in [0.05, 0.1) is 17.5 Å². The van der Waals surface area contributed by atoms with Crippen LogP contribution in [-0.4, -0.2) is 24.0 Å². The Morgan fingerprint density at radius 2 is 2.17 bits per heavy atom. The Hall–Kier alpha value is -1.42. The first-order valence-corrected chi connectivity index (χ1v) is 6.75. The Labute approximate surface area is 107 Å². The third kappa shape index (κ3) is 2.25. The molecule has 1 atom stereocenters. The summed E-state index contributed by atoms with van der Waals surface area (Å²) in [6.07, 6.45) is 1.71. The minimum absolute atomic E-state index is 0.552. The number of rotatable bonds is 3. The van der Waals surface area contributed by atoms with E-state index in [1.54, 1.807) is 11.2 Å². The van der Waals surface area contributed by atoms with Gasteiger partial charge in [0.2, 0.25) is 0 Å². The van der Waals surface area contributed by atoms with Gasteiger partial charge in [0.25, 0.3) is 5.31 Å². The normalized spacial score (nSPS) is 14.8. The Kier molecular flexibility index (Phi) is 3.66. The van der Waals surface area contributed by atoms with Gasteiger partial charge in [-0.3, -0.25) is 10.4 Å². The number of aryl methyl sites for hydroxylation is 1. The summed E-state index contributed by atoms with van der Waals surface area (Å²) in [6.45, 7) is 3.49. The quantitative estimate of drug-likeness (QED) is 0.651. The molecule has 1 aromatic rings. The van der Waals surface area contributed by atoms with Gasteiger partial charge in [-0.25, -0.2) is 0 Å². The third-order valence-corrected chi connectivity index (χ3v) is 4.09. The Bertz CT molecular complexity index is 528. The molecule has 1 unspecified atom stereocenters. The zero-order chi connectivity index (χ0) is 13.3. The van der Waals surface area contributed by atoms with Crippen LogP contribution in [0.5, 0.6) is 0 Å². The molecule has 0 fully saturated rings. The van der Waals surface area contributed by atoms with Crippen molar-refractivity contribution in [3.63, 3.8) is 0 Å². The molecular weight excluding hydrogens is 251 g/mol. The minimum Gasteiger partial charge on any atom is -0.367 e. The van der Waals surface area contributed by atoms with Crippen molar-refractivity contribution < 1.29 is 14.2 Å². The number of benzene rings is 1. The molecule has 5 nitrogen and oxygen atoms in total. The zero-order valence-corrected chi connectivity index (χ0v) is 11.5. The van der Waals surface area contributed by atoms with Gasteiger partial charge in [-0.05, 0) is 35.6 Å². The van der Waals surface area contributed by atoms with Crippen LogP contribution in [0, 0.1) is 13.8 Å². The third-order valence-electron chi connectivity index (χ3n) is 2.99. The van der Waals surface area contributed by atoms with E-state index in [0.717, 1.165) is 22.4 Å². The second-order valence-electron chi connectivity index (χ2n) is 4.18. The summed E-state index contributed by atoms with van der Waals surface area (Å²) in [6, 6.07) is 3.90. The lowest BCUT2D eigenvalue weighted by Crippen LogP contribution is -2.24. The van der Waals surface area contributed by atoms with Crippen LogP contribution in [0.4, 0.5) is 5.69 Å². The zero-order valence-electron chi connectivity index (χ0n) is 10.6. The average molecular weight is 267 g/mol. The van der Waals surface area contributed by atoms with Crippen molar-refractivity contribution in [1.29, 1.82) is 0 Å². The molecular formula is C12H16N2O3P+. The standard InChI is InChI=1S/C12H16N2O3P/c1-8-4-5-10-11(18(16)17-7-15)6-14(3)13-12(10)9(8)2/h4-6,13,15H,7H2,1-3H3/q+1. The topological polar surface area (TPSA) is 61.8 Å². The molecule has 0 saturated carbocycles. The molecule has 0 amide bonds. The van der Waals surface area contributed by atoms with Crippen molar-refractivity contribution in [2.75, 3.05) is 19.3 Å². The molecule has 96 valence electrons. The second-order valence-corrected chi connectivity index (χ2v) is 5.44. The molecule has 1 aromatic carbocycles. The molecule has 1 aliphatic heterocycles. The van der Waals surface area contributed by atoms with Gasteiger partial charge in [-0.15, -0.1) is 4.52 Å². The number of fused-ring (bicyclic) bond motifs is 1. The number of aliphatic hydroxyl groups excluding tert-OH is 1. The first-order chi connectivity index (χ1) is 8.54. The Morgan fingerprint density at radius 1 is 1.44 bits per heavy atom. The van der Waals surface area contributed by atoms with E-state index in [-0.39, 0.29) is 0 Å². The van der Waals surface area contributed by atoms with Crippen LogP contribution >= 0.6 is 8.03 Å². The van der Waals surface area contributed by atoms with Gasteiger partial charge < -0.3 is 5.11 Å². The number of anilines is 1. The van der Waals surface area contributed by atoms with E-state index >= 15 is 0 Å². The van der Waals surface area contributed by atoms with E-state index in [4.69, 9.17) is 9.63 Å². The molecule has 0 aliphatic carbocycles. The van der Waals surface area contributed by atoms with Gasteiger partial charge in [-0.2, -0.15) is 0 Å². The maximum absolute atomic E-state index is 11.9. The smallest absolute Gasteiger partial charge is 0.367 e. The molecule has 0 aromatic heterocycles. The maximum Gasteiger partial charge on any atom is 0.553 e. The van der Waals surface area contributed by atoms with Crippen LogP contribution in [0.15, 0.2) is 18.3 Å². The highest BCUT2D eigenvalue weighted by molar-refractivity contribution is 7.51. The number of hydrogen-bond donors (Lipinski definition) is 2. The van der Waals surface area contributed by atoms with E-state index in [2.05, 4.69) is 5.43 Å². The first kappa shape index (κ1) is 13.0. The minimum atomic E-state index is -2.05. The SMILES string of the molecule is Cc1ccc2c(c1C)NN(C)C=C2[P+](=O)OCO. The van der Waals surface area contributed by atoms with Crippen molar-refractivity contribution in [2.45, 2.75) is 13.8 Å². The highest BCUT2D eigenvalue weighted by Crippen LogP contribution is 2.46. The fourth-order valence-electron chi connectivity index (χ4n) is 1.90. The van der Waals surface area contributed by atoms with Crippen molar-refractivity contribution in [3.8, 4) is 0 Å². The van der Waals surface area contributed by atoms with E-state index in [0.29, 0.717) is 5.31 Å². The number of nitrogens with one attached hydrogen (secondary N) is 1. The van der Waals surface area contributed by atoms with Gasteiger partial charge in [-0.1, -0.05) is 6.07 Å². The molecule has 6 heteroatoms. The van der Waals surface area contributed by atoms with Crippen molar-refractivity contribution in [1.82, 2.24) is 5.01 Å². The summed E-state index contributed by atoms with van der Waals surface area (Å²) in [5, 5.41) is 11.0. The molecule has 2 N–H and O–H groups in total. The summed E-state index contributed by atoms with van der Waals surface area (Å²) in [5.74, 6) is 0. The van der Waals surface area contributed by atoms with E-state index < -0.39 is 14.8 Å². The fourth-order valence-corrected chi connectivity index (χ4v) is 2.80. The van der Waals surface area contributed by atoms with E-state index in [9.17, 15) is 4.57 Å². The number of hydrogen-bond acceptors (Lipinski definition) is 5. The number of hydrazine groups is 1. The molecule has 0 saturated heterocycles. The van der Waals surface area contributed by atoms with Crippen LogP contribution < -0.4 is 5.43 Å². The van der Waals surface area contributed by atoms with Crippen LogP contribution in [0.3, 0.4) is 0 Å². The average Bonchev–Trinajstić information content (AvgIpc) is 2.34. The van der Waals surface area contributed by atoms with Crippen LogP contribution in [0.2, 0.25) is 0 Å². The molecule has 1 aliphatic rings. The number of nitrogens with zero attached hydrogens (tertiary/aromatic N) is 1. The lowest BCUT2D eigenvalue weighted by atomic mass is 10.0. The van der Waals surface area contributed by atoms with Gasteiger partial charge in [0.1, 0.15) is 0 Å². The summed E-state index contributed by atoms with van der Waals surface area (Å²) < 4.78 is 16.7. The Morgan fingerprint density at radius 3 is 2.83 bits per heavy atom. The second kappa shape index (κ2) is 5.06. The van der Waals surface area contributed by atoms with Gasteiger partial charge in [0, 0.05) is 7.05 Å². The molecule has 2 rings (SSSR count). The van der Waals surface area contributed by atoms with Crippen molar-refractivity contribution in [2.24, 2.45) is 0 Å². The lowest BCUT2D eigenvalue weighted by Gasteiger charge is -2.25. The first-order valence-electron chi connectivity index (χ1n) is 5.57. The van der Waals surface area contributed by atoms with Crippen molar-refractivity contribution in [3.05, 3.63) is 35.0 Å². The summed E-state index contributed by atoms with van der Waals surface area (Å²) in [5.41, 5.74) is 7.26. The highest BCUT2D eigenvalue weighted by atomic mass is 31.1. The van der Waals surface area contributed by atoms with Gasteiger partial charge in [0.15, 0.2) is 6.79 Å². The largest absolute Gasteiger partial charge is 0.553 e. The number of aliphatic hydroxyl groups is 1. The predicted molar refractivity (Wildman–Crippen MR) is 71.1 cm³/mol. The maximum atomic E-state index is 11.9. The van der Waals surface area contributed by atoms with Crippen LogP contribution in [0.1, 0.15) is 16.7 Å². The summed E-state index contributed by atoms with van der Waals surface area (Å²) in [7, 11) is -0.228. The molecule has 0 bridgehead atoms. The van der Waals surface area contributed by atoms with Crippen molar-refractivity contribution >= 4 is 19.0 Å². The van der Waals surface area contributed by atoms with Crippen LogP contribution in [-0.2, 0) is 9.09 Å². The summed E-state index contributed by atoms with van der Waals surface area (Å²) >= 11 is 0. The fraction of sp³-hybridized carbons (Fsp3) is 0.333. The summed E-state index contributed by atoms with van der Waals surface area (Å²) in [4.78, 5) is 0. The monoisotopic (exact) mass is 267 g/mol. The van der Waals surface area contributed by atoms with Gasteiger partial charge >= 0.3 is 8.03 Å². The van der Waals surface area contributed by atoms with Crippen LogP contribution in [0.25, 0.3) is 5.31 Å². The Balaban J connectivity index is 2.51. The molecule has 18 heavy (non-hydrogen) atoms. The highest BCUT2D eigenvalue weighted by Gasteiger charge is 2.33. The molecule has 0 radical (unpaired) electrons. The predicted octanol–water partition coefficient (Wildman–Crippen LogP) is 2.58. The van der Waals surface area contributed by atoms with E-state index in [1.165, 1.54) is 0 Å². The lowest BCUT2D eigenvalue weighted by molar-refractivity contribution is 0.109. The molecule has 1 heterocycles. The molecule has 0 spiro atoms.